The summed E-state index contributed by atoms with van der Waals surface area (Å²) in [5, 5.41) is 3.59. The van der Waals surface area contributed by atoms with E-state index in [0.29, 0.717) is 12.1 Å². The van der Waals surface area contributed by atoms with Crippen molar-refractivity contribution in [2.75, 3.05) is 0 Å². The molecule has 0 aliphatic rings. The van der Waals surface area contributed by atoms with Gasteiger partial charge in [0.25, 0.3) is 0 Å². The number of nitrogens with one attached hydrogen (secondary N) is 1. The summed E-state index contributed by atoms with van der Waals surface area (Å²) in [6, 6.07) is 13.4. The highest BCUT2D eigenvalue weighted by Gasteiger charge is 2.10. The minimum absolute atomic E-state index is 0.301. The van der Waals surface area contributed by atoms with Gasteiger partial charge in [0.1, 0.15) is 0 Å². The van der Waals surface area contributed by atoms with Gasteiger partial charge in [-0.15, -0.1) is 0 Å². The molecule has 2 heteroatoms. The molecule has 1 aromatic carbocycles. The first-order valence-electron chi connectivity index (χ1n) is 6.39. The lowest BCUT2D eigenvalue weighted by Crippen LogP contribution is -2.22. The van der Waals surface area contributed by atoms with Crippen LogP contribution in [-0.4, -0.2) is 4.98 Å². The Morgan fingerprint density at radius 2 is 1.61 bits per heavy atom. The van der Waals surface area contributed by atoms with Crippen molar-refractivity contribution in [2.45, 2.75) is 32.9 Å². The standard InChI is InChI=1S/C16H20N2/c1-12-6-8-15(9-7-12)13(2)18-14(3)16-5-4-10-17-11-16/h4-11,13-14,18H,1-3H3/t13-,14?/m0/s1. The molecular formula is C16H20N2. The number of hydrogen-bond donors (Lipinski definition) is 1. The maximum atomic E-state index is 4.16. The van der Waals surface area contributed by atoms with Crippen LogP contribution in [0.3, 0.4) is 0 Å². The second kappa shape index (κ2) is 5.78. The first-order valence-corrected chi connectivity index (χ1v) is 6.39. The molecule has 2 aromatic rings. The van der Waals surface area contributed by atoms with Crippen molar-refractivity contribution in [1.29, 1.82) is 0 Å². The van der Waals surface area contributed by atoms with Gasteiger partial charge in [0.2, 0.25) is 0 Å². The van der Waals surface area contributed by atoms with E-state index in [9.17, 15) is 0 Å². The normalized spacial score (nSPS) is 14.2. The van der Waals surface area contributed by atoms with E-state index in [1.807, 2.05) is 12.3 Å². The third kappa shape index (κ3) is 3.17. The Labute approximate surface area is 109 Å². The number of benzene rings is 1. The molecule has 1 heterocycles. The summed E-state index contributed by atoms with van der Waals surface area (Å²) in [6.45, 7) is 6.47. The molecular weight excluding hydrogens is 220 g/mol. The van der Waals surface area contributed by atoms with Gasteiger partial charge in [0, 0.05) is 24.5 Å². The van der Waals surface area contributed by atoms with E-state index in [2.05, 4.69) is 61.4 Å². The van der Waals surface area contributed by atoms with Crippen LogP contribution in [0.15, 0.2) is 48.8 Å². The van der Waals surface area contributed by atoms with Gasteiger partial charge in [-0.1, -0.05) is 35.9 Å². The molecule has 0 amide bonds. The molecule has 0 bridgehead atoms. The lowest BCUT2D eigenvalue weighted by Gasteiger charge is -2.20. The first-order chi connectivity index (χ1) is 8.66. The zero-order chi connectivity index (χ0) is 13.0. The third-order valence-corrected chi connectivity index (χ3v) is 3.26. The van der Waals surface area contributed by atoms with Crippen molar-refractivity contribution in [1.82, 2.24) is 10.3 Å². The summed E-state index contributed by atoms with van der Waals surface area (Å²) in [7, 11) is 0. The van der Waals surface area contributed by atoms with E-state index < -0.39 is 0 Å². The molecule has 0 aliphatic heterocycles. The van der Waals surface area contributed by atoms with Crippen LogP contribution in [0.2, 0.25) is 0 Å². The fraction of sp³-hybridized carbons (Fsp3) is 0.312. The van der Waals surface area contributed by atoms with E-state index >= 15 is 0 Å². The number of hydrogen-bond acceptors (Lipinski definition) is 2. The number of aryl methyl sites for hydroxylation is 1. The fourth-order valence-electron chi connectivity index (χ4n) is 2.05. The van der Waals surface area contributed by atoms with Crippen molar-refractivity contribution >= 4 is 0 Å². The Kier molecular flexibility index (Phi) is 4.11. The molecule has 94 valence electrons. The average molecular weight is 240 g/mol. The van der Waals surface area contributed by atoms with Gasteiger partial charge >= 0.3 is 0 Å². The molecule has 1 aromatic heterocycles. The SMILES string of the molecule is Cc1ccc([C@H](C)NC(C)c2cccnc2)cc1. The lowest BCUT2D eigenvalue weighted by molar-refractivity contribution is 0.493. The summed E-state index contributed by atoms with van der Waals surface area (Å²) in [4.78, 5) is 4.16. The highest BCUT2D eigenvalue weighted by atomic mass is 14.9. The molecule has 0 spiro atoms. The molecule has 2 atom stereocenters. The van der Waals surface area contributed by atoms with E-state index in [4.69, 9.17) is 0 Å². The highest BCUT2D eigenvalue weighted by Crippen LogP contribution is 2.18. The zero-order valence-electron chi connectivity index (χ0n) is 11.2. The number of rotatable bonds is 4. The minimum atomic E-state index is 0.301. The maximum Gasteiger partial charge on any atom is 0.0315 e. The predicted molar refractivity (Wildman–Crippen MR) is 75.4 cm³/mol. The Bertz CT molecular complexity index is 476. The van der Waals surface area contributed by atoms with Gasteiger partial charge in [0.15, 0.2) is 0 Å². The van der Waals surface area contributed by atoms with Gasteiger partial charge in [0.05, 0.1) is 0 Å². The predicted octanol–water partition coefficient (Wildman–Crippen LogP) is 3.80. The Morgan fingerprint density at radius 1 is 0.944 bits per heavy atom. The summed E-state index contributed by atoms with van der Waals surface area (Å²) in [5.41, 5.74) is 3.83. The van der Waals surface area contributed by atoms with Crippen LogP contribution in [0, 0.1) is 6.92 Å². The topological polar surface area (TPSA) is 24.9 Å². The average Bonchev–Trinajstić information content (AvgIpc) is 2.40. The fourth-order valence-corrected chi connectivity index (χ4v) is 2.05. The van der Waals surface area contributed by atoms with E-state index in [1.165, 1.54) is 16.7 Å². The van der Waals surface area contributed by atoms with Crippen LogP contribution in [0.5, 0.6) is 0 Å². The van der Waals surface area contributed by atoms with Crippen molar-refractivity contribution in [3.8, 4) is 0 Å². The lowest BCUT2D eigenvalue weighted by atomic mass is 10.0. The Balaban J connectivity index is 2.03. The van der Waals surface area contributed by atoms with Crippen molar-refractivity contribution < 1.29 is 0 Å². The van der Waals surface area contributed by atoms with Crippen LogP contribution in [0.25, 0.3) is 0 Å². The van der Waals surface area contributed by atoms with E-state index in [-0.39, 0.29) is 0 Å². The second-order valence-electron chi connectivity index (χ2n) is 4.81. The second-order valence-corrected chi connectivity index (χ2v) is 4.81. The Morgan fingerprint density at radius 3 is 2.22 bits per heavy atom. The summed E-state index contributed by atoms with van der Waals surface area (Å²) < 4.78 is 0. The first kappa shape index (κ1) is 12.8. The molecule has 1 unspecified atom stereocenters. The van der Waals surface area contributed by atoms with Gasteiger partial charge in [-0.2, -0.15) is 0 Å². The van der Waals surface area contributed by atoms with E-state index in [0.717, 1.165) is 0 Å². The van der Waals surface area contributed by atoms with Gasteiger partial charge in [-0.05, 0) is 38.0 Å². The number of aromatic nitrogens is 1. The van der Waals surface area contributed by atoms with Crippen LogP contribution in [-0.2, 0) is 0 Å². The molecule has 2 rings (SSSR count). The molecule has 1 N–H and O–H groups in total. The quantitative estimate of drug-likeness (QED) is 0.879. The molecule has 0 saturated heterocycles. The van der Waals surface area contributed by atoms with Crippen molar-refractivity contribution in [3.63, 3.8) is 0 Å². The molecule has 0 saturated carbocycles. The van der Waals surface area contributed by atoms with Crippen LogP contribution >= 0.6 is 0 Å². The largest absolute Gasteiger partial charge is 0.304 e. The minimum Gasteiger partial charge on any atom is -0.304 e. The summed E-state index contributed by atoms with van der Waals surface area (Å²) in [6.07, 6.45) is 3.72. The Hall–Kier alpha value is -1.67. The van der Waals surface area contributed by atoms with Crippen LogP contribution in [0.4, 0.5) is 0 Å². The maximum absolute atomic E-state index is 4.16. The number of nitrogens with zero attached hydrogens (tertiary/aromatic N) is 1. The van der Waals surface area contributed by atoms with Crippen molar-refractivity contribution in [3.05, 3.63) is 65.5 Å². The van der Waals surface area contributed by atoms with Gasteiger partial charge in [-0.25, -0.2) is 0 Å². The van der Waals surface area contributed by atoms with Crippen LogP contribution < -0.4 is 5.32 Å². The zero-order valence-corrected chi connectivity index (χ0v) is 11.2. The molecule has 2 nitrogen and oxygen atoms in total. The van der Waals surface area contributed by atoms with Gasteiger partial charge < -0.3 is 5.32 Å². The molecule has 0 radical (unpaired) electrons. The molecule has 0 fully saturated rings. The smallest absolute Gasteiger partial charge is 0.0315 e. The summed E-state index contributed by atoms with van der Waals surface area (Å²) in [5.74, 6) is 0. The number of pyridine rings is 1. The summed E-state index contributed by atoms with van der Waals surface area (Å²) >= 11 is 0. The van der Waals surface area contributed by atoms with Crippen LogP contribution in [0.1, 0.15) is 42.6 Å². The third-order valence-electron chi connectivity index (χ3n) is 3.26. The molecule has 18 heavy (non-hydrogen) atoms. The van der Waals surface area contributed by atoms with Gasteiger partial charge in [-0.3, -0.25) is 4.98 Å². The molecule has 0 aliphatic carbocycles. The highest BCUT2D eigenvalue weighted by molar-refractivity contribution is 5.24. The monoisotopic (exact) mass is 240 g/mol. The van der Waals surface area contributed by atoms with E-state index in [1.54, 1.807) is 6.20 Å². The van der Waals surface area contributed by atoms with Crippen molar-refractivity contribution in [2.24, 2.45) is 0 Å².